The molecule has 222 valence electrons. The summed E-state index contributed by atoms with van der Waals surface area (Å²) in [6, 6.07) is 13.1. The van der Waals surface area contributed by atoms with Crippen molar-refractivity contribution in [2.24, 2.45) is 5.73 Å². The lowest BCUT2D eigenvalue weighted by atomic mass is 10.1. The SMILES string of the molecule is COC(=O)c1ccc(=O)n(CC(=O)c2cncnc2)c1-c1cc(NCc2ccc(Cl)s2)n(C(=O)c2ccc(C(N)=O)cc2)n1. The van der Waals surface area contributed by atoms with Crippen LogP contribution in [0.4, 0.5) is 5.82 Å². The number of hydrogen-bond donors (Lipinski definition) is 2. The molecule has 5 aromatic rings. The first kappa shape index (κ1) is 30.0. The Kier molecular flexibility index (Phi) is 8.73. The van der Waals surface area contributed by atoms with Gasteiger partial charge in [0.05, 0.1) is 41.4 Å². The molecular formula is C29H22ClN7O6S. The summed E-state index contributed by atoms with van der Waals surface area (Å²) in [5.74, 6) is -2.35. The monoisotopic (exact) mass is 631 g/mol. The highest BCUT2D eigenvalue weighted by Gasteiger charge is 2.25. The Bertz CT molecular complexity index is 1950. The number of esters is 1. The van der Waals surface area contributed by atoms with Gasteiger partial charge in [0.2, 0.25) is 5.91 Å². The van der Waals surface area contributed by atoms with Crippen LogP contribution in [0.2, 0.25) is 4.34 Å². The van der Waals surface area contributed by atoms with Crippen LogP contribution in [0, 0.1) is 0 Å². The summed E-state index contributed by atoms with van der Waals surface area (Å²) in [4.78, 5) is 72.9. The lowest BCUT2D eigenvalue weighted by Gasteiger charge is -2.14. The number of pyridine rings is 1. The van der Waals surface area contributed by atoms with E-state index in [0.717, 1.165) is 20.2 Å². The third-order valence-corrected chi connectivity index (χ3v) is 7.64. The summed E-state index contributed by atoms with van der Waals surface area (Å²) in [5, 5.41) is 7.62. The lowest BCUT2D eigenvalue weighted by molar-refractivity contribution is 0.0599. The van der Waals surface area contributed by atoms with E-state index in [1.54, 1.807) is 6.07 Å². The molecule has 0 unspecified atom stereocenters. The van der Waals surface area contributed by atoms with Gasteiger partial charge in [0, 0.05) is 40.5 Å². The van der Waals surface area contributed by atoms with Crippen molar-refractivity contribution in [3.8, 4) is 11.4 Å². The number of anilines is 1. The number of rotatable bonds is 10. The van der Waals surface area contributed by atoms with Crippen molar-refractivity contribution < 1.29 is 23.9 Å². The minimum absolute atomic E-state index is 0.0222. The number of methoxy groups -OCH3 is 1. The number of amides is 1. The van der Waals surface area contributed by atoms with E-state index >= 15 is 0 Å². The molecule has 15 heteroatoms. The lowest BCUT2D eigenvalue weighted by Crippen LogP contribution is -2.27. The van der Waals surface area contributed by atoms with Crippen molar-refractivity contribution in [1.82, 2.24) is 24.3 Å². The van der Waals surface area contributed by atoms with Crippen LogP contribution in [-0.2, 0) is 17.8 Å². The summed E-state index contributed by atoms with van der Waals surface area (Å²) in [7, 11) is 1.17. The van der Waals surface area contributed by atoms with E-state index < -0.39 is 35.7 Å². The molecule has 0 aliphatic heterocycles. The number of nitrogens with zero attached hydrogens (tertiary/aromatic N) is 5. The zero-order chi connectivity index (χ0) is 31.4. The quantitative estimate of drug-likeness (QED) is 0.171. The van der Waals surface area contributed by atoms with E-state index in [2.05, 4.69) is 20.4 Å². The smallest absolute Gasteiger partial charge is 0.340 e. The number of ketones is 1. The second kappa shape index (κ2) is 12.8. The number of halogens is 1. The van der Waals surface area contributed by atoms with Gasteiger partial charge in [-0.15, -0.1) is 11.3 Å². The Balaban J connectivity index is 1.64. The minimum atomic E-state index is -0.796. The molecule has 0 fully saturated rings. The first-order chi connectivity index (χ1) is 21.2. The van der Waals surface area contributed by atoms with Crippen LogP contribution in [0.25, 0.3) is 11.4 Å². The van der Waals surface area contributed by atoms with E-state index in [0.29, 0.717) is 4.34 Å². The summed E-state index contributed by atoms with van der Waals surface area (Å²) >= 11 is 7.41. The predicted molar refractivity (Wildman–Crippen MR) is 161 cm³/mol. The minimum Gasteiger partial charge on any atom is -0.465 e. The number of benzene rings is 1. The number of nitrogens with two attached hydrogens (primary N) is 1. The Morgan fingerprint density at radius 1 is 0.977 bits per heavy atom. The largest absolute Gasteiger partial charge is 0.465 e. The molecule has 4 heterocycles. The zero-order valence-corrected chi connectivity index (χ0v) is 24.5. The maximum absolute atomic E-state index is 13.7. The molecule has 3 N–H and O–H groups in total. The molecule has 0 saturated carbocycles. The Labute approximate surface area is 257 Å². The molecule has 0 aliphatic carbocycles. The molecule has 0 aliphatic rings. The third kappa shape index (κ3) is 6.30. The van der Waals surface area contributed by atoms with Crippen molar-refractivity contribution in [1.29, 1.82) is 0 Å². The first-order valence-electron chi connectivity index (χ1n) is 12.8. The third-order valence-electron chi connectivity index (χ3n) is 6.41. The van der Waals surface area contributed by atoms with E-state index in [-0.39, 0.29) is 46.0 Å². The average Bonchev–Trinajstić information content (AvgIpc) is 3.66. The highest BCUT2D eigenvalue weighted by Crippen LogP contribution is 2.28. The summed E-state index contributed by atoms with van der Waals surface area (Å²) < 4.78 is 7.65. The van der Waals surface area contributed by atoms with Crippen molar-refractivity contribution in [2.75, 3.05) is 12.4 Å². The fourth-order valence-electron chi connectivity index (χ4n) is 4.27. The number of hydrogen-bond acceptors (Lipinski definition) is 11. The van der Waals surface area contributed by atoms with Gasteiger partial charge in [-0.1, -0.05) is 11.6 Å². The first-order valence-corrected chi connectivity index (χ1v) is 14.0. The van der Waals surface area contributed by atoms with Gasteiger partial charge in [0.25, 0.3) is 11.5 Å². The number of Topliss-reactive ketones (excluding diaryl/α,β-unsaturated/α-hetero) is 1. The van der Waals surface area contributed by atoms with Gasteiger partial charge in [-0.3, -0.25) is 23.7 Å². The number of nitrogens with one attached hydrogen (secondary N) is 1. The number of aromatic nitrogens is 5. The molecule has 1 aromatic carbocycles. The number of thiophene rings is 1. The van der Waals surface area contributed by atoms with Crippen LogP contribution in [-0.4, -0.2) is 55.0 Å². The predicted octanol–water partition coefficient (Wildman–Crippen LogP) is 3.29. The number of primary amides is 1. The van der Waals surface area contributed by atoms with Crippen molar-refractivity contribution in [3.63, 3.8) is 0 Å². The topological polar surface area (TPSA) is 181 Å². The molecule has 44 heavy (non-hydrogen) atoms. The van der Waals surface area contributed by atoms with Crippen molar-refractivity contribution in [2.45, 2.75) is 13.1 Å². The zero-order valence-electron chi connectivity index (χ0n) is 22.9. The summed E-state index contributed by atoms with van der Waals surface area (Å²) in [5.41, 5.74) is 5.15. The van der Waals surface area contributed by atoms with Gasteiger partial charge in [-0.25, -0.2) is 14.8 Å². The Morgan fingerprint density at radius 3 is 2.32 bits per heavy atom. The number of carbonyl (C=O) groups excluding carboxylic acids is 4. The van der Waals surface area contributed by atoms with Crippen LogP contribution in [0.5, 0.6) is 0 Å². The second-order valence-electron chi connectivity index (χ2n) is 9.19. The van der Waals surface area contributed by atoms with Crippen LogP contribution in [0.15, 0.2) is 78.1 Å². The Morgan fingerprint density at radius 2 is 1.68 bits per heavy atom. The highest BCUT2D eigenvalue weighted by atomic mass is 35.5. The van der Waals surface area contributed by atoms with Gasteiger partial charge < -0.3 is 15.8 Å². The normalized spacial score (nSPS) is 10.8. The maximum Gasteiger partial charge on any atom is 0.340 e. The van der Waals surface area contributed by atoms with Gasteiger partial charge in [0.15, 0.2) is 5.78 Å². The van der Waals surface area contributed by atoms with Gasteiger partial charge in [-0.05, 0) is 42.5 Å². The molecule has 1 amide bonds. The average molecular weight is 632 g/mol. The van der Waals surface area contributed by atoms with Gasteiger partial charge >= 0.3 is 5.97 Å². The van der Waals surface area contributed by atoms with Crippen molar-refractivity contribution in [3.05, 3.63) is 115 Å². The van der Waals surface area contributed by atoms with Gasteiger partial charge in [-0.2, -0.15) is 9.78 Å². The molecule has 13 nitrogen and oxygen atoms in total. The standard InChI is InChI=1S/C29H22ClN7O6S/c1-43-29(42)20-7-9-25(39)36(14-22(38)18-11-32-15-33-12-18)26(20)21-10-24(34-13-19-6-8-23(30)44-19)37(35-21)28(41)17-4-2-16(3-5-17)27(31)40/h2-12,15,34H,13-14H2,1H3,(H2,31,40). The fourth-order valence-corrected chi connectivity index (χ4v) is 5.29. The molecule has 0 atom stereocenters. The molecule has 0 spiro atoms. The van der Waals surface area contributed by atoms with Crippen LogP contribution in [0.3, 0.4) is 0 Å². The summed E-state index contributed by atoms with van der Waals surface area (Å²) in [6.45, 7) is -0.230. The molecule has 0 bridgehead atoms. The highest BCUT2D eigenvalue weighted by molar-refractivity contribution is 7.16. The number of carbonyl (C=O) groups is 4. The molecule has 5 rings (SSSR count). The molecular weight excluding hydrogens is 610 g/mol. The summed E-state index contributed by atoms with van der Waals surface area (Å²) in [6.07, 6.45) is 3.87. The fraction of sp³-hybridized carbons (Fsp3) is 0.103. The van der Waals surface area contributed by atoms with E-state index in [9.17, 15) is 24.0 Å². The second-order valence-corrected chi connectivity index (χ2v) is 11.0. The van der Waals surface area contributed by atoms with Crippen LogP contribution < -0.4 is 16.6 Å². The van der Waals surface area contributed by atoms with E-state index in [1.807, 2.05) is 6.07 Å². The molecule has 4 aromatic heterocycles. The van der Waals surface area contributed by atoms with Crippen molar-refractivity contribution >= 4 is 52.3 Å². The van der Waals surface area contributed by atoms with Gasteiger partial charge in [0.1, 0.15) is 17.8 Å². The maximum atomic E-state index is 13.7. The number of ether oxygens (including phenoxy) is 1. The van der Waals surface area contributed by atoms with Crippen LogP contribution >= 0.6 is 22.9 Å². The Hall–Kier alpha value is -5.47. The van der Waals surface area contributed by atoms with Crippen LogP contribution in [0.1, 0.15) is 46.3 Å². The molecule has 0 saturated heterocycles. The van der Waals surface area contributed by atoms with E-state index in [4.69, 9.17) is 22.1 Å². The molecule has 0 radical (unpaired) electrons. The van der Waals surface area contributed by atoms with E-state index in [1.165, 1.54) is 73.6 Å².